The van der Waals surface area contributed by atoms with Gasteiger partial charge in [-0.15, -0.1) is 0 Å². The van der Waals surface area contributed by atoms with Crippen molar-refractivity contribution in [1.29, 1.82) is 0 Å². The van der Waals surface area contributed by atoms with Crippen molar-refractivity contribution in [3.8, 4) is 0 Å². The van der Waals surface area contributed by atoms with E-state index in [1.807, 2.05) is 6.92 Å². The van der Waals surface area contributed by atoms with Crippen LogP contribution < -0.4 is 0 Å². The summed E-state index contributed by atoms with van der Waals surface area (Å²) in [5, 5.41) is 0.492. The minimum atomic E-state index is -2.53. The first-order chi connectivity index (χ1) is 6.06. The third-order valence-corrected chi connectivity index (χ3v) is 2.80. The first-order valence-electron chi connectivity index (χ1n) is 3.56. The number of halogens is 4. The summed E-state index contributed by atoms with van der Waals surface area (Å²) in [7, 11) is 0. The van der Waals surface area contributed by atoms with Gasteiger partial charge in [-0.05, 0) is 34.5 Å². The number of rotatable bonds is 2. The Morgan fingerprint density at radius 1 is 1.54 bits per heavy atom. The molecule has 72 valence electrons. The van der Waals surface area contributed by atoms with Crippen LogP contribution in [0.5, 0.6) is 0 Å². The van der Waals surface area contributed by atoms with Crippen LogP contribution in [-0.2, 0) is 5.33 Å². The minimum Gasteiger partial charge on any atom is -0.249 e. The van der Waals surface area contributed by atoms with Crippen molar-refractivity contribution < 1.29 is 8.78 Å². The molecule has 1 rings (SSSR count). The molecule has 0 saturated heterocycles. The second-order valence-corrected chi connectivity index (χ2v) is 3.97. The Bertz CT molecular complexity index is 315. The molecule has 0 amide bonds. The lowest BCUT2D eigenvalue weighted by molar-refractivity contribution is 0.145. The number of hydrogen-bond acceptors (Lipinski definition) is 1. The van der Waals surface area contributed by atoms with Gasteiger partial charge in [0, 0.05) is 9.80 Å². The average molecular weight is 315 g/mol. The molecule has 0 aliphatic rings. The Balaban J connectivity index is 3.22. The molecular weight excluding hydrogens is 308 g/mol. The van der Waals surface area contributed by atoms with Crippen molar-refractivity contribution >= 4 is 31.9 Å². The average Bonchev–Trinajstić information content (AvgIpc) is 2.03. The molecule has 0 saturated carbocycles. The van der Waals surface area contributed by atoms with Crippen LogP contribution in [0.1, 0.15) is 23.4 Å². The molecule has 0 N–H and O–H groups in total. The van der Waals surface area contributed by atoms with Crippen molar-refractivity contribution in [3.63, 3.8) is 0 Å². The van der Waals surface area contributed by atoms with Gasteiger partial charge in [0.2, 0.25) is 0 Å². The van der Waals surface area contributed by atoms with E-state index in [0.717, 1.165) is 5.56 Å². The summed E-state index contributed by atoms with van der Waals surface area (Å²) in [6.45, 7) is 1.84. The third-order valence-electron chi connectivity index (χ3n) is 1.63. The summed E-state index contributed by atoms with van der Waals surface area (Å²) >= 11 is 6.25. The number of nitrogens with zero attached hydrogens (tertiary/aromatic N) is 1. The van der Waals surface area contributed by atoms with Crippen molar-refractivity contribution in [1.82, 2.24) is 4.98 Å². The zero-order valence-electron chi connectivity index (χ0n) is 6.82. The quantitative estimate of drug-likeness (QED) is 0.752. The molecule has 0 aromatic carbocycles. The fourth-order valence-corrected chi connectivity index (χ4v) is 2.10. The van der Waals surface area contributed by atoms with E-state index < -0.39 is 6.43 Å². The SMILES string of the molecule is Cc1cc(Br)c(C(F)F)nc1CBr. The van der Waals surface area contributed by atoms with E-state index in [1.165, 1.54) is 0 Å². The second kappa shape index (κ2) is 4.46. The van der Waals surface area contributed by atoms with Gasteiger partial charge >= 0.3 is 0 Å². The normalized spacial score (nSPS) is 10.9. The van der Waals surface area contributed by atoms with E-state index in [4.69, 9.17) is 0 Å². The third kappa shape index (κ3) is 2.47. The van der Waals surface area contributed by atoms with Crippen LogP contribution >= 0.6 is 31.9 Å². The van der Waals surface area contributed by atoms with Gasteiger partial charge in [-0.2, -0.15) is 0 Å². The van der Waals surface area contributed by atoms with E-state index in [0.29, 0.717) is 15.5 Å². The Morgan fingerprint density at radius 3 is 2.62 bits per heavy atom. The Hall–Kier alpha value is -0.0300. The van der Waals surface area contributed by atoms with Crippen molar-refractivity contribution in [2.45, 2.75) is 18.7 Å². The summed E-state index contributed by atoms with van der Waals surface area (Å²) < 4.78 is 25.1. The lowest BCUT2D eigenvalue weighted by Crippen LogP contribution is -1.98. The first-order valence-corrected chi connectivity index (χ1v) is 5.47. The minimum absolute atomic E-state index is 0.194. The monoisotopic (exact) mass is 313 g/mol. The molecular formula is C8H7Br2F2N. The van der Waals surface area contributed by atoms with E-state index in [2.05, 4.69) is 36.8 Å². The predicted octanol–water partition coefficient (Wildman–Crippen LogP) is 3.99. The van der Waals surface area contributed by atoms with Crippen LogP contribution in [0.3, 0.4) is 0 Å². The molecule has 13 heavy (non-hydrogen) atoms. The van der Waals surface area contributed by atoms with Gasteiger partial charge in [-0.3, -0.25) is 0 Å². The van der Waals surface area contributed by atoms with Crippen LogP contribution in [0.25, 0.3) is 0 Å². The zero-order valence-corrected chi connectivity index (χ0v) is 9.99. The van der Waals surface area contributed by atoms with Crippen molar-refractivity contribution in [3.05, 3.63) is 27.5 Å². The van der Waals surface area contributed by atoms with Gasteiger partial charge in [0.05, 0.1) is 5.69 Å². The molecule has 0 bridgehead atoms. The van der Waals surface area contributed by atoms with Crippen LogP contribution in [0, 0.1) is 6.92 Å². The second-order valence-electron chi connectivity index (χ2n) is 2.55. The number of aromatic nitrogens is 1. The van der Waals surface area contributed by atoms with Gasteiger partial charge in [0.15, 0.2) is 0 Å². The summed E-state index contributed by atoms with van der Waals surface area (Å²) in [5.41, 5.74) is 1.35. The van der Waals surface area contributed by atoms with Crippen LogP contribution in [-0.4, -0.2) is 4.98 Å². The fraction of sp³-hybridized carbons (Fsp3) is 0.375. The molecule has 0 aliphatic heterocycles. The maximum absolute atomic E-state index is 12.4. The van der Waals surface area contributed by atoms with Gasteiger partial charge in [-0.25, -0.2) is 13.8 Å². The molecule has 0 aliphatic carbocycles. The lowest BCUT2D eigenvalue weighted by atomic mass is 10.2. The largest absolute Gasteiger partial charge is 0.281 e. The highest BCUT2D eigenvalue weighted by atomic mass is 79.9. The lowest BCUT2D eigenvalue weighted by Gasteiger charge is -2.07. The Morgan fingerprint density at radius 2 is 2.15 bits per heavy atom. The highest BCUT2D eigenvalue weighted by Gasteiger charge is 2.15. The number of alkyl halides is 3. The van der Waals surface area contributed by atoms with Crippen LogP contribution in [0.15, 0.2) is 10.5 Å². The van der Waals surface area contributed by atoms with Crippen LogP contribution in [0.4, 0.5) is 8.78 Å². The molecule has 0 unspecified atom stereocenters. The van der Waals surface area contributed by atoms with Gasteiger partial charge in [0.25, 0.3) is 6.43 Å². The molecule has 1 nitrogen and oxygen atoms in total. The maximum Gasteiger partial charge on any atom is 0.281 e. The summed E-state index contributed by atoms with van der Waals surface area (Å²) in [4.78, 5) is 3.85. The smallest absolute Gasteiger partial charge is 0.249 e. The van der Waals surface area contributed by atoms with E-state index >= 15 is 0 Å². The molecule has 0 fully saturated rings. The highest BCUT2D eigenvalue weighted by molar-refractivity contribution is 9.10. The van der Waals surface area contributed by atoms with E-state index in [1.54, 1.807) is 6.07 Å². The maximum atomic E-state index is 12.4. The first kappa shape index (κ1) is 11.0. The zero-order chi connectivity index (χ0) is 10.0. The number of hydrogen-bond donors (Lipinski definition) is 0. The summed E-state index contributed by atoms with van der Waals surface area (Å²) in [6.07, 6.45) is -2.53. The number of aryl methyl sites for hydroxylation is 1. The Labute approximate surface area is 91.8 Å². The van der Waals surface area contributed by atoms with E-state index in [9.17, 15) is 8.78 Å². The van der Waals surface area contributed by atoms with Gasteiger partial charge < -0.3 is 0 Å². The number of pyridine rings is 1. The molecule has 1 aromatic rings. The summed E-state index contributed by atoms with van der Waals surface area (Å²) in [6, 6.07) is 1.66. The standard InChI is InChI=1S/C8H7Br2F2N/c1-4-2-5(10)7(8(11)12)13-6(4)3-9/h2,8H,3H2,1H3. The topological polar surface area (TPSA) is 12.9 Å². The van der Waals surface area contributed by atoms with Gasteiger partial charge in [0.1, 0.15) is 5.69 Å². The van der Waals surface area contributed by atoms with Crippen LogP contribution in [0.2, 0.25) is 0 Å². The molecule has 5 heteroatoms. The predicted molar refractivity (Wildman–Crippen MR) is 54.3 cm³/mol. The molecule has 0 radical (unpaired) electrons. The van der Waals surface area contributed by atoms with E-state index in [-0.39, 0.29) is 5.69 Å². The Kier molecular flexibility index (Phi) is 3.79. The summed E-state index contributed by atoms with van der Waals surface area (Å²) in [5.74, 6) is 0. The molecule has 0 spiro atoms. The highest BCUT2D eigenvalue weighted by Crippen LogP contribution is 2.27. The van der Waals surface area contributed by atoms with Crippen molar-refractivity contribution in [2.75, 3.05) is 0 Å². The molecule has 1 aromatic heterocycles. The van der Waals surface area contributed by atoms with Crippen molar-refractivity contribution in [2.24, 2.45) is 0 Å². The fourth-order valence-electron chi connectivity index (χ4n) is 0.923. The molecule has 0 atom stereocenters. The molecule has 1 heterocycles. The van der Waals surface area contributed by atoms with Gasteiger partial charge in [-0.1, -0.05) is 15.9 Å².